The van der Waals surface area contributed by atoms with E-state index in [0.29, 0.717) is 18.9 Å². The molecule has 1 amide bonds. The summed E-state index contributed by atoms with van der Waals surface area (Å²) < 4.78 is 38.0. The van der Waals surface area contributed by atoms with E-state index in [-0.39, 0.29) is 35.0 Å². The molecule has 2 aromatic heterocycles. The van der Waals surface area contributed by atoms with Crippen LogP contribution in [0.4, 0.5) is 14.6 Å². The predicted molar refractivity (Wildman–Crippen MR) is 131 cm³/mol. The number of benzene rings is 1. The van der Waals surface area contributed by atoms with E-state index in [4.69, 9.17) is 9.47 Å². The fraction of sp³-hybridized carbons (Fsp3) is 0.333. The maximum atomic E-state index is 13.6. The Balaban J connectivity index is 1.56. The average molecular weight is 509 g/mol. The predicted octanol–water partition coefficient (Wildman–Crippen LogP) is 4.26. The number of methoxy groups -OCH3 is 1. The van der Waals surface area contributed by atoms with Gasteiger partial charge in [0.25, 0.3) is 6.43 Å². The van der Waals surface area contributed by atoms with Crippen LogP contribution >= 0.6 is 0 Å². The van der Waals surface area contributed by atoms with E-state index in [1.54, 1.807) is 11.0 Å². The molecule has 1 aliphatic carbocycles. The molecule has 10 heteroatoms. The van der Waals surface area contributed by atoms with Gasteiger partial charge in [0, 0.05) is 30.4 Å². The van der Waals surface area contributed by atoms with E-state index in [2.05, 4.69) is 14.9 Å². The number of nitrogens with zero attached hydrogens (tertiary/aromatic N) is 4. The first kappa shape index (κ1) is 24.8. The molecule has 0 N–H and O–H groups in total. The summed E-state index contributed by atoms with van der Waals surface area (Å²) in [5.41, 5.74) is 0.357. The summed E-state index contributed by atoms with van der Waals surface area (Å²) in [7, 11) is 3.32. The molecule has 5 rings (SSSR count). The zero-order valence-corrected chi connectivity index (χ0v) is 20.5. The Hall–Kier alpha value is -3.92. The van der Waals surface area contributed by atoms with Gasteiger partial charge >= 0.3 is 5.97 Å². The summed E-state index contributed by atoms with van der Waals surface area (Å²) in [5.74, 6) is -0.216. The van der Waals surface area contributed by atoms with Gasteiger partial charge in [-0.15, -0.1) is 0 Å². The van der Waals surface area contributed by atoms with Crippen LogP contribution in [0, 0.1) is 0 Å². The minimum Gasteiger partial charge on any atom is -0.494 e. The zero-order valence-electron chi connectivity index (χ0n) is 20.5. The highest BCUT2D eigenvalue weighted by atomic mass is 19.3. The Morgan fingerprint density at radius 1 is 1.08 bits per heavy atom. The maximum absolute atomic E-state index is 13.6. The molecule has 1 spiro atoms. The number of anilines is 1. The number of halogens is 2. The summed E-state index contributed by atoms with van der Waals surface area (Å²) in [6.07, 6.45) is 1.23. The van der Waals surface area contributed by atoms with Gasteiger partial charge in [-0.25, -0.2) is 18.6 Å². The number of amides is 1. The largest absolute Gasteiger partial charge is 0.494 e. The van der Waals surface area contributed by atoms with E-state index in [0.717, 1.165) is 18.4 Å². The van der Waals surface area contributed by atoms with Crippen LogP contribution in [0.15, 0.2) is 54.9 Å². The number of alkyl halides is 2. The highest BCUT2D eigenvalue weighted by Gasteiger charge is 2.57. The molecular formula is C27H26F2N4O4. The molecule has 1 saturated carbocycles. The minimum absolute atomic E-state index is 0.0239. The van der Waals surface area contributed by atoms with Gasteiger partial charge in [-0.05, 0) is 37.6 Å². The maximum Gasteiger partial charge on any atom is 0.340 e. The molecule has 0 atom stereocenters. The van der Waals surface area contributed by atoms with Crippen LogP contribution in [0.25, 0.3) is 11.1 Å². The number of hydrogen-bond acceptors (Lipinski definition) is 7. The molecule has 0 radical (unpaired) electrons. The van der Waals surface area contributed by atoms with Crippen molar-refractivity contribution in [3.05, 3.63) is 71.7 Å². The SMILES string of the molecule is COc1cnc(C(F)F)cc1-c1cc(N2CCN(C)C3(CC3)C2=O)ncc1C(=O)OCc1ccccc1. The number of hydrogen-bond donors (Lipinski definition) is 0. The van der Waals surface area contributed by atoms with Crippen molar-refractivity contribution < 1.29 is 27.8 Å². The lowest BCUT2D eigenvalue weighted by atomic mass is 10.00. The smallest absolute Gasteiger partial charge is 0.340 e. The average Bonchev–Trinajstić information content (AvgIpc) is 3.73. The van der Waals surface area contributed by atoms with Crippen LogP contribution in [-0.4, -0.2) is 59.5 Å². The molecule has 2 aliphatic rings. The molecule has 1 aromatic carbocycles. The van der Waals surface area contributed by atoms with Gasteiger partial charge in [-0.1, -0.05) is 30.3 Å². The number of rotatable bonds is 7. The number of aromatic nitrogens is 2. The van der Waals surface area contributed by atoms with Gasteiger partial charge < -0.3 is 9.47 Å². The Kier molecular flexibility index (Phi) is 6.59. The lowest BCUT2D eigenvalue weighted by molar-refractivity contribution is -0.126. The van der Waals surface area contributed by atoms with E-state index >= 15 is 0 Å². The van der Waals surface area contributed by atoms with E-state index < -0.39 is 23.6 Å². The molecule has 8 nitrogen and oxygen atoms in total. The third-order valence-electron chi connectivity index (χ3n) is 6.98. The van der Waals surface area contributed by atoms with Crippen molar-refractivity contribution in [1.29, 1.82) is 0 Å². The second kappa shape index (κ2) is 9.85. The van der Waals surface area contributed by atoms with Crippen molar-refractivity contribution in [3.63, 3.8) is 0 Å². The van der Waals surface area contributed by atoms with Crippen molar-refractivity contribution >= 4 is 17.7 Å². The number of esters is 1. The van der Waals surface area contributed by atoms with Crippen LogP contribution in [-0.2, 0) is 16.1 Å². The van der Waals surface area contributed by atoms with Gasteiger partial charge in [-0.3, -0.25) is 19.6 Å². The first-order valence-corrected chi connectivity index (χ1v) is 11.9. The number of carbonyl (C=O) groups is 2. The van der Waals surface area contributed by atoms with Gasteiger partial charge in [0.1, 0.15) is 29.4 Å². The molecule has 3 heterocycles. The summed E-state index contributed by atoms with van der Waals surface area (Å²) >= 11 is 0. The number of ether oxygens (including phenoxy) is 2. The second-order valence-corrected chi connectivity index (χ2v) is 9.17. The minimum atomic E-state index is -2.83. The highest BCUT2D eigenvalue weighted by molar-refractivity contribution is 6.04. The molecule has 0 unspecified atom stereocenters. The van der Waals surface area contributed by atoms with Crippen LogP contribution in [0.5, 0.6) is 5.75 Å². The lowest BCUT2D eigenvalue weighted by Crippen LogP contribution is -2.57. The van der Waals surface area contributed by atoms with Gasteiger partial charge in [0.15, 0.2) is 0 Å². The first-order chi connectivity index (χ1) is 17.8. The molecular weight excluding hydrogens is 482 g/mol. The van der Waals surface area contributed by atoms with Crippen LogP contribution in [0.3, 0.4) is 0 Å². The molecule has 1 saturated heterocycles. The summed E-state index contributed by atoms with van der Waals surface area (Å²) in [6, 6.07) is 11.9. The number of likely N-dealkylation sites (N-methyl/N-ethyl adjacent to an activating group) is 1. The molecule has 2 fully saturated rings. The van der Waals surface area contributed by atoms with Crippen LogP contribution in [0.2, 0.25) is 0 Å². The van der Waals surface area contributed by atoms with Crippen LogP contribution in [0.1, 0.15) is 40.9 Å². The monoisotopic (exact) mass is 508 g/mol. The molecule has 0 bridgehead atoms. The van der Waals surface area contributed by atoms with Crippen LogP contribution < -0.4 is 9.64 Å². The lowest BCUT2D eigenvalue weighted by Gasteiger charge is -2.38. The molecule has 37 heavy (non-hydrogen) atoms. The van der Waals surface area contributed by atoms with E-state index in [9.17, 15) is 18.4 Å². The first-order valence-electron chi connectivity index (χ1n) is 11.9. The molecule has 3 aromatic rings. The van der Waals surface area contributed by atoms with Crippen molar-refractivity contribution in [2.24, 2.45) is 0 Å². The Morgan fingerprint density at radius 2 is 1.84 bits per heavy atom. The number of pyridine rings is 2. The number of piperazine rings is 1. The quantitative estimate of drug-likeness (QED) is 0.441. The van der Waals surface area contributed by atoms with E-state index in [1.807, 2.05) is 37.4 Å². The highest BCUT2D eigenvalue weighted by Crippen LogP contribution is 2.45. The Bertz CT molecular complexity index is 1330. The van der Waals surface area contributed by atoms with Gasteiger partial charge in [0.2, 0.25) is 5.91 Å². The van der Waals surface area contributed by atoms with Gasteiger partial charge in [0.05, 0.1) is 18.9 Å². The van der Waals surface area contributed by atoms with E-state index in [1.165, 1.54) is 25.6 Å². The summed E-state index contributed by atoms with van der Waals surface area (Å²) in [4.78, 5) is 38.4. The third kappa shape index (κ3) is 4.64. The summed E-state index contributed by atoms with van der Waals surface area (Å²) in [5, 5.41) is 0. The number of carbonyl (C=O) groups excluding carboxylic acids is 2. The van der Waals surface area contributed by atoms with Crippen molar-refractivity contribution in [1.82, 2.24) is 14.9 Å². The van der Waals surface area contributed by atoms with Gasteiger partial charge in [-0.2, -0.15) is 0 Å². The van der Waals surface area contributed by atoms with Crippen molar-refractivity contribution in [2.75, 3.05) is 32.1 Å². The molecule has 1 aliphatic heterocycles. The summed E-state index contributed by atoms with van der Waals surface area (Å²) in [6.45, 7) is 1.10. The van der Waals surface area contributed by atoms with Crippen molar-refractivity contribution in [2.45, 2.75) is 31.4 Å². The second-order valence-electron chi connectivity index (χ2n) is 9.17. The third-order valence-corrected chi connectivity index (χ3v) is 6.98. The molecule has 192 valence electrons. The topological polar surface area (TPSA) is 84.9 Å². The fourth-order valence-corrected chi connectivity index (χ4v) is 4.64. The fourth-order valence-electron chi connectivity index (χ4n) is 4.64. The Morgan fingerprint density at radius 3 is 2.51 bits per heavy atom. The standard InChI is InChI=1S/C27H26F2N4O4/c1-32-10-11-33(26(35)27(32)8-9-27)23-13-18(19-12-21(24(28)29)30-15-22(19)36-2)20(14-31-23)25(34)37-16-17-6-4-3-5-7-17/h3-7,12-15,24H,8-11,16H2,1-2H3. The zero-order chi connectivity index (χ0) is 26.2. The normalized spacial score (nSPS) is 16.8. The van der Waals surface area contributed by atoms with Crippen molar-refractivity contribution in [3.8, 4) is 16.9 Å². The Labute approximate surface area is 212 Å².